The van der Waals surface area contributed by atoms with Crippen LogP contribution in [0.2, 0.25) is 0 Å². The summed E-state index contributed by atoms with van der Waals surface area (Å²) in [5, 5.41) is 18.9. The van der Waals surface area contributed by atoms with Gasteiger partial charge in [0.05, 0.1) is 18.5 Å². The Balaban J connectivity index is 1.44. The molecule has 0 aliphatic heterocycles. The highest BCUT2D eigenvalue weighted by Gasteiger charge is 2.35. The Hall–Kier alpha value is -1.82. The molecule has 0 aromatic carbocycles. The third-order valence-electron chi connectivity index (χ3n) is 4.36. The summed E-state index contributed by atoms with van der Waals surface area (Å²) in [5.41, 5.74) is 0.955. The molecule has 3 atom stereocenters. The first kappa shape index (κ1) is 14.1. The lowest BCUT2D eigenvalue weighted by atomic mass is 9.94. The Morgan fingerprint density at radius 2 is 2.33 bits per heavy atom. The molecule has 114 valence electrons. The first-order valence-electron chi connectivity index (χ1n) is 7.57. The number of carbonyl (C=O) groups is 1. The lowest BCUT2D eigenvalue weighted by Crippen LogP contribution is -2.30. The zero-order valence-corrected chi connectivity index (χ0v) is 12.0. The maximum atomic E-state index is 11.5. The summed E-state index contributed by atoms with van der Waals surface area (Å²) in [7, 11) is 0. The van der Waals surface area contributed by atoms with Crippen molar-refractivity contribution in [3.8, 4) is 0 Å². The predicted molar refractivity (Wildman–Crippen MR) is 79.7 cm³/mol. The van der Waals surface area contributed by atoms with Crippen LogP contribution in [0.15, 0.2) is 24.5 Å². The molecule has 1 fully saturated rings. The van der Waals surface area contributed by atoms with E-state index in [4.69, 9.17) is 5.11 Å². The summed E-state index contributed by atoms with van der Waals surface area (Å²) in [5.74, 6) is 2.11. The van der Waals surface area contributed by atoms with Crippen molar-refractivity contribution in [3.63, 3.8) is 0 Å². The van der Waals surface area contributed by atoms with E-state index in [9.17, 15) is 4.79 Å². The average Bonchev–Trinajstić information content (AvgIpc) is 3.19. The summed E-state index contributed by atoms with van der Waals surface area (Å²) in [6.07, 6.45) is 10.9. The van der Waals surface area contributed by atoms with E-state index in [0.717, 1.165) is 30.0 Å². The number of aliphatic hydroxyl groups excluding tert-OH is 1. The highest BCUT2D eigenvalue weighted by Crippen LogP contribution is 2.43. The zero-order chi connectivity index (χ0) is 14.7. The number of nitrogens with one attached hydrogen (secondary N) is 2. The molecular formula is C15H22N4O2. The van der Waals surface area contributed by atoms with Crippen LogP contribution < -0.4 is 10.6 Å². The molecule has 0 saturated heterocycles. The van der Waals surface area contributed by atoms with Crippen molar-refractivity contribution in [2.45, 2.75) is 19.4 Å². The Kier molecular flexibility index (Phi) is 4.24. The van der Waals surface area contributed by atoms with Crippen LogP contribution in [0.5, 0.6) is 0 Å². The van der Waals surface area contributed by atoms with Gasteiger partial charge in [-0.3, -0.25) is 9.48 Å². The molecule has 2 aliphatic carbocycles. The summed E-state index contributed by atoms with van der Waals surface area (Å²) >= 11 is 0. The van der Waals surface area contributed by atoms with Gasteiger partial charge in [-0.25, -0.2) is 0 Å². The van der Waals surface area contributed by atoms with E-state index in [2.05, 4.69) is 27.9 Å². The van der Waals surface area contributed by atoms with E-state index in [1.54, 1.807) is 10.9 Å². The molecule has 0 spiro atoms. The zero-order valence-electron chi connectivity index (χ0n) is 12.0. The minimum Gasteiger partial charge on any atom is -0.395 e. The van der Waals surface area contributed by atoms with E-state index in [1.807, 2.05) is 6.20 Å². The fraction of sp³-hybridized carbons (Fsp3) is 0.600. The standard InChI is InChI=1S/C15H22N4O2/c20-4-3-16-15(21)10-19-9-14(8-18-19)17-7-13-6-11-1-2-12(13)5-11/h1-2,8-9,11-13,17,20H,3-7,10H2,(H,16,21). The van der Waals surface area contributed by atoms with Gasteiger partial charge in [0.25, 0.3) is 0 Å². The fourth-order valence-corrected chi connectivity index (χ4v) is 3.32. The minimum absolute atomic E-state index is 0.0460. The van der Waals surface area contributed by atoms with Crippen LogP contribution in [0.4, 0.5) is 5.69 Å². The van der Waals surface area contributed by atoms with Gasteiger partial charge >= 0.3 is 0 Å². The highest BCUT2D eigenvalue weighted by molar-refractivity contribution is 5.75. The lowest BCUT2D eigenvalue weighted by molar-refractivity contribution is -0.122. The Morgan fingerprint density at radius 1 is 1.43 bits per heavy atom. The maximum absolute atomic E-state index is 11.5. The molecule has 2 bridgehead atoms. The summed E-state index contributed by atoms with van der Waals surface area (Å²) in [4.78, 5) is 11.5. The van der Waals surface area contributed by atoms with Gasteiger partial charge in [-0.1, -0.05) is 12.2 Å². The number of fused-ring (bicyclic) bond motifs is 2. The Morgan fingerprint density at radius 3 is 3.05 bits per heavy atom. The maximum Gasteiger partial charge on any atom is 0.241 e. The molecule has 1 saturated carbocycles. The van der Waals surface area contributed by atoms with Gasteiger partial charge in [-0.2, -0.15) is 5.10 Å². The van der Waals surface area contributed by atoms with Gasteiger partial charge < -0.3 is 15.7 Å². The van der Waals surface area contributed by atoms with Crippen LogP contribution in [0.25, 0.3) is 0 Å². The monoisotopic (exact) mass is 290 g/mol. The first-order chi connectivity index (χ1) is 10.2. The molecule has 1 heterocycles. The quantitative estimate of drug-likeness (QED) is 0.643. The van der Waals surface area contributed by atoms with E-state index in [-0.39, 0.29) is 25.6 Å². The first-order valence-corrected chi connectivity index (χ1v) is 7.57. The third kappa shape index (κ3) is 3.44. The number of aliphatic hydroxyl groups is 1. The molecule has 0 radical (unpaired) electrons. The minimum atomic E-state index is -0.142. The van der Waals surface area contributed by atoms with E-state index in [0.29, 0.717) is 0 Å². The van der Waals surface area contributed by atoms with Crippen LogP contribution in [0, 0.1) is 17.8 Å². The van der Waals surface area contributed by atoms with Crippen molar-refractivity contribution in [1.82, 2.24) is 15.1 Å². The van der Waals surface area contributed by atoms with Gasteiger partial charge in [-0.05, 0) is 30.6 Å². The van der Waals surface area contributed by atoms with Crippen molar-refractivity contribution >= 4 is 11.6 Å². The highest BCUT2D eigenvalue weighted by atomic mass is 16.3. The molecule has 3 unspecified atom stereocenters. The van der Waals surface area contributed by atoms with Crippen molar-refractivity contribution < 1.29 is 9.90 Å². The lowest BCUT2D eigenvalue weighted by Gasteiger charge is -2.18. The van der Waals surface area contributed by atoms with Crippen LogP contribution in [-0.2, 0) is 11.3 Å². The largest absolute Gasteiger partial charge is 0.395 e. The summed E-state index contributed by atoms with van der Waals surface area (Å²) < 4.78 is 1.61. The number of anilines is 1. The predicted octanol–water partition coefficient (Wildman–Crippen LogP) is 0.616. The number of hydrogen-bond donors (Lipinski definition) is 3. The second-order valence-corrected chi connectivity index (χ2v) is 5.92. The smallest absolute Gasteiger partial charge is 0.241 e. The fourth-order valence-electron chi connectivity index (χ4n) is 3.32. The molecule has 3 N–H and O–H groups in total. The van der Waals surface area contributed by atoms with Gasteiger partial charge in [-0.15, -0.1) is 0 Å². The van der Waals surface area contributed by atoms with Crippen molar-refractivity contribution in [3.05, 3.63) is 24.5 Å². The topological polar surface area (TPSA) is 79.2 Å². The Bertz CT molecular complexity index is 525. The molecular weight excluding hydrogens is 268 g/mol. The Labute approximate surface area is 124 Å². The third-order valence-corrected chi connectivity index (χ3v) is 4.36. The number of rotatable bonds is 7. The molecule has 6 nitrogen and oxygen atoms in total. The number of hydrogen-bond acceptors (Lipinski definition) is 4. The van der Waals surface area contributed by atoms with Crippen molar-refractivity contribution in [2.75, 3.05) is 25.0 Å². The molecule has 3 rings (SSSR count). The van der Waals surface area contributed by atoms with Crippen LogP contribution >= 0.6 is 0 Å². The number of nitrogens with zero attached hydrogens (tertiary/aromatic N) is 2. The molecule has 2 aliphatic rings. The van der Waals surface area contributed by atoms with Crippen molar-refractivity contribution in [2.24, 2.45) is 17.8 Å². The molecule has 1 amide bonds. The molecule has 1 aromatic rings. The second kappa shape index (κ2) is 6.30. The number of aromatic nitrogens is 2. The SMILES string of the molecule is O=C(Cn1cc(NCC2CC3C=CC2C3)cn1)NCCO. The number of allylic oxidation sites excluding steroid dienone is 2. The van der Waals surface area contributed by atoms with E-state index in [1.165, 1.54) is 12.8 Å². The van der Waals surface area contributed by atoms with Gasteiger partial charge in [0.1, 0.15) is 6.54 Å². The van der Waals surface area contributed by atoms with Crippen LogP contribution in [-0.4, -0.2) is 40.5 Å². The summed E-state index contributed by atoms with van der Waals surface area (Å²) in [6, 6.07) is 0. The van der Waals surface area contributed by atoms with Gasteiger partial charge in [0, 0.05) is 19.3 Å². The molecule has 1 aromatic heterocycles. The normalized spacial score (nSPS) is 26.2. The summed E-state index contributed by atoms with van der Waals surface area (Å²) in [6.45, 7) is 1.38. The van der Waals surface area contributed by atoms with Crippen LogP contribution in [0.3, 0.4) is 0 Å². The molecule has 21 heavy (non-hydrogen) atoms. The van der Waals surface area contributed by atoms with Crippen LogP contribution in [0.1, 0.15) is 12.8 Å². The number of amides is 1. The average molecular weight is 290 g/mol. The number of carbonyl (C=O) groups excluding carboxylic acids is 1. The second-order valence-electron chi connectivity index (χ2n) is 5.92. The van der Waals surface area contributed by atoms with E-state index >= 15 is 0 Å². The van der Waals surface area contributed by atoms with Crippen molar-refractivity contribution in [1.29, 1.82) is 0 Å². The van der Waals surface area contributed by atoms with E-state index < -0.39 is 0 Å². The van der Waals surface area contributed by atoms with Gasteiger partial charge in [0.15, 0.2) is 0 Å². The van der Waals surface area contributed by atoms with Gasteiger partial charge in [0.2, 0.25) is 5.91 Å². The molecule has 6 heteroatoms.